The minimum absolute atomic E-state index is 0.141. The fourth-order valence-electron chi connectivity index (χ4n) is 12.9. The lowest BCUT2D eigenvalue weighted by molar-refractivity contribution is 0.660. The van der Waals surface area contributed by atoms with Crippen molar-refractivity contribution in [1.29, 1.82) is 0 Å². The van der Waals surface area contributed by atoms with E-state index < -0.39 is 0 Å². The van der Waals surface area contributed by atoms with Gasteiger partial charge in [-0.25, -0.2) is 9.97 Å². The van der Waals surface area contributed by atoms with E-state index in [0.29, 0.717) is 5.95 Å². The van der Waals surface area contributed by atoms with Crippen LogP contribution in [0.1, 0.15) is 25.0 Å². The van der Waals surface area contributed by atoms with Crippen LogP contribution in [0.15, 0.2) is 206 Å². The molecule has 0 atom stereocenters. The minimum Gasteiger partial charge on any atom is -0.309 e. The van der Waals surface area contributed by atoms with Crippen molar-refractivity contribution in [1.82, 2.24) is 19.1 Å². The zero-order valence-electron chi connectivity index (χ0n) is 37.9. The second-order valence-electron chi connectivity index (χ2n) is 19.6. The summed E-state index contributed by atoms with van der Waals surface area (Å²) in [7, 11) is 0. The molecule has 4 heteroatoms. The van der Waals surface area contributed by atoms with Crippen molar-refractivity contribution in [3.8, 4) is 34.0 Å². The van der Waals surface area contributed by atoms with Crippen LogP contribution >= 0.6 is 0 Å². The van der Waals surface area contributed by atoms with Gasteiger partial charge in [0.2, 0.25) is 5.95 Å². The van der Waals surface area contributed by atoms with Crippen LogP contribution < -0.4 is 0 Å². The highest BCUT2D eigenvalue weighted by molar-refractivity contribution is 6.41. The van der Waals surface area contributed by atoms with E-state index in [4.69, 9.17) is 9.97 Å². The molecule has 0 aliphatic heterocycles. The summed E-state index contributed by atoms with van der Waals surface area (Å²) in [6.45, 7) is 4.69. The number of rotatable bonds is 3. The van der Waals surface area contributed by atoms with Crippen molar-refractivity contribution in [2.75, 3.05) is 0 Å². The van der Waals surface area contributed by atoms with Crippen LogP contribution in [-0.2, 0) is 5.41 Å². The maximum atomic E-state index is 5.66. The van der Waals surface area contributed by atoms with Crippen molar-refractivity contribution in [3.05, 3.63) is 217 Å². The fourth-order valence-corrected chi connectivity index (χ4v) is 12.9. The second-order valence-corrected chi connectivity index (χ2v) is 19.6. The molecular formula is C65H40N4. The highest BCUT2D eigenvalue weighted by Gasteiger charge is 2.35. The average Bonchev–Trinajstić information content (AvgIpc) is 4.00. The Morgan fingerprint density at radius 3 is 1.62 bits per heavy atom. The van der Waals surface area contributed by atoms with Crippen LogP contribution in [0.3, 0.4) is 0 Å². The third kappa shape index (κ3) is 4.77. The van der Waals surface area contributed by atoms with Gasteiger partial charge in [-0.2, -0.15) is 0 Å². The van der Waals surface area contributed by atoms with Gasteiger partial charge in [0.15, 0.2) is 0 Å². The molecular weight excluding hydrogens is 837 g/mol. The van der Waals surface area contributed by atoms with E-state index in [1.54, 1.807) is 0 Å². The number of aromatic nitrogens is 4. The predicted octanol–water partition coefficient (Wildman–Crippen LogP) is 17.0. The first kappa shape index (κ1) is 37.3. The summed E-state index contributed by atoms with van der Waals surface area (Å²) < 4.78 is 4.84. The lowest BCUT2D eigenvalue weighted by atomic mass is 9.82. The molecule has 0 radical (unpaired) electrons. The topological polar surface area (TPSA) is 35.6 Å². The Hall–Kier alpha value is -8.86. The molecule has 12 aromatic carbocycles. The SMILES string of the molecule is CC1(C)c2ccccc2-c2ccc(-c3nc(-n4c5ccccc5c5c6cccc7c8cccc9c8c(cc8c9c9ccccc9n8-c8cccc9ccccc89)c(cc54)c76)nc4ccccc34)cc21. The van der Waals surface area contributed by atoms with Gasteiger partial charge in [-0.1, -0.05) is 178 Å². The zero-order valence-corrected chi connectivity index (χ0v) is 37.9. The van der Waals surface area contributed by atoms with E-state index >= 15 is 0 Å². The monoisotopic (exact) mass is 876 g/mol. The molecule has 0 spiro atoms. The maximum Gasteiger partial charge on any atom is 0.235 e. The second kappa shape index (κ2) is 13.2. The average molecular weight is 877 g/mol. The summed E-state index contributed by atoms with van der Waals surface area (Å²) in [6, 6.07) is 76.3. The molecule has 0 N–H and O–H groups in total. The van der Waals surface area contributed by atoms with Gasteiger partial charge >= 0.3 is 0 Å². The molecule has 0 fully saturated rings. The standard InChI is InChI=1S/C65H40N4/c1-65(2)51-27-9-5-19-40(51)41-33-32-38(34-52(41)65)63-44-20-6-10-28-53(44)66-64(67-63)69-56-30-12-8-22-46(56)62-48-26-15-24-43-42-23-14-25-47-59(42)49(50(60(43)48)36-58(62)69)35-57-61(47)45-21-7-11-29-55(45)68(57)54-31-13-17-37-16-3-4-18-39(37)54/h3-36H,1-2H3. The number of nitrogens with zero attached hydrogens (tertiary/aromatic N) is 4. The Morgan fingerprint density at radius 2 is 0.884 bits per heavy atom. The zero-order chi connectivity index (χ0) is 45.3. The van der Waals surface area contributed by atoms with E-state index in [1.807, 2.05) is 0 Å². The molecule has 1 aliphatic rings. The van der Waals surface area contributed by atoms with Gasteiger partial charge in [-0.05, 0) is 113 Å². The van der Waals surface area contributed by atoms with E-state index in [0.717, 1.165) is 33.2 Å². The summed E-state index contributed by atoms with van der Waals surface area (Å²) in [5, 5.41) is 18.5. The van der Waals surface area contributed by atoms with Crippen molar-refractivity contribution in [3.63, 3.8) is 0 Å². The highest BCUT2D eigenvalue weighted by Crippen LogP contribution is 2.51. The Bertz CT molecular complexity index is 4750. The number of benzene rings is 12. The Balaban J connectivity index is 1.04. The largest absolute Gasteiger partial charge is 0.309 e. The molecule has 0 saturated carbocycles. The first-order chi connectivity index (χ1) is 34.0. The molecule has 1 aliphatic carbocycles. The van der Waals surface area contributed by atoms with E-state index in [9.17, 15) is 0 Å². The molecule has 16 rings (SSSR count). The van der Waals surface area contributed by atoms with Gasteiger partial charge in [0, 0.05) is 43.3 Å². The van der Waals surface area contributed by atoms with Gasteiger partial charge in [0.25, 0.3) is 0 Å². The minimum atomic E-state index is -0.141. The number of fused-ring (bicyclic) bond motifs is 15. The van der Waals surface area contributed by atoms with Crippen LogP contribution in [0.25, 0.3) is 142 Å². The van der Waals surface area contributed by atoms with Gasteiger partial charge in [-0.15, -0.1) is 0 Å². The van der Waals surface area contributed by atoms with Crippen LogP contribution in [0, 0.1) is 0 Å². The molecule has 0 unspecified atom stereocenters. The van der Waals surface area contributed by atoms with Crippen LogP contribution in [0.4, 0.5) is 0 Å². The molecule has 0 saturated heterocycles. The van der Waals surface area contributed by atoms with E-state index in [1.165, 1.54) is 114 Å². The summed E-state index contributed by atoms with van der Waals surface area (Å²) in [4.78, 5) is 11.1. The lowest BCUT2D eigenvalue weighted by Gasteiger charge is -2.22. The molecule has 69 heavy (non-hydrogen) atoms. The Labute approximate surface area is 396 Å². The van der Waals surface area contributed by atoms with Crippen molar-refractivity contribution < 1.29 is 0 Å². The smallest absolute Gasteiger partial charge is 0.235 e. The van der Waals surface area contributed by atoms with Crippen molar-refractivity contribution >= 4 is 108 Å². The normalized spacial score (nSPS) is 13.5. The molecule has 15 aromatic rings. The molecule has 4 nitrogen and oxygen atoms in total. The summed E-state index contributed by atoms with van der Waals surface area (Å²) in [6.07, 6.45) is 0. The summed E-state index contributed by atoms with van der Waals surface area (Å²) in [5.41, 5.74) is 13.8. The predicted molar refractivity (Wildman–Crippen MR) is 290 cm³/mol. The van der Waals surface area contributed by atoms with Crippen LogP contribution in [0.2, 0.25) is 0 Å². The molecule has 0 bridgehead atoms. The number of hydrogen-bond donors (Lipinski definition) is 0. The van der Waals surface area contributed by atoms with Crippen molar-refractivity contribution in [2.24, 2.45) is 0 Å². The number of para-hydroxylation sites is 3. The number of hydrogen-bond acceptors (Lipinski definition) is 2. The fraction of sp³-hybridized carbons (Fsp3) is 0.0462. The van der Waals surface area contributed by atoms with Gasteiger partial charge < -0.3 is 4.57 Å². The molecule has 3 aromatic heterocycles. The highest BCUT2D eigenvalue weighted by atomic mass is 15.2. The van der Waals surface area contributed by atoms with Gasteiger partial charge in [0.1, 0.15) is 0 Å². The van der Waals surface area contributed by atoms with E-state index in [2.05, 4.69) is 229 Å². The van der Waals surface area contributed by atoms with Gasteiger partial charge in [-0.3, -0.25) is 4.57 Å². The first-order valence-electron chi connectivity index (χ1n) is 24.0. The van der Waals surface area contributed by atoms with Crippen LogP contribution in [-0.4, -0.2) is 19.1 Å². The van der Waals surface area contributed by atoms with Crippen molar-refractivity contribution in [2.45, 2.75) is 19.3 Å². The molecule has 3 heterocycles. The Kier molecular flexibility index (Phi) is 7.12. The summed E-state index contributed by atoms with van der Waals surface area (Å²) in [5.74, 6) is 0.661. The molecule has 320 valence electrons. The van der Waals surface area contributed by atoms with Gasteiger partial charge in [0.05, 0.1) is 39.0 Å². The lowest BCUT2D eigenvalue weighted by Crippen LogP contribution is -2.15. The maximum absolute atomic E-state index is 5.66. The Morgan fingerprint density at radius 1 is 0.348 bits per heavy atom. The molecule has 0 amide bonds. The third-order valence-corrected chi connectivity index (χ3v) is 15.8. The van der Waals surface area contributed by atoms with Crippen LogP contribution in [0.5, 0.6) is 0 Å². The van der Waals surface area contributed by atoms with E-state index in [-0.39, 0.29) is 5.41 Å². The quantitative estimate of drug-likeness (QED) is 0.131. The summed E-state index contributed by atoms with van der Waals surface area (Å²) >= 11 is 0. The first-order valence-corrected chi connectivity index (χ1v) is 24.0. The third-order valence-electron chi connectivity index (χ3n) is 15.8.